The smallest absolute Gasteiger partial charge is 0.255 e. The van der Waals surface area contributed by atoms with Crippen molar-refractivity contribution in [2.24, 2.45) is 0 Å². The minimum atomic E-state index is -2.40. The van der Waals surface area contributed by atoms with Crippen LogP contribution in [0.1, 0.15) is 17.6 Å². The number of benzene rings is 1. The van der Waals surface area contributed by atoms with Crippen LogP contribution in [-0.2, 0) is 0 Å². The van der Waals surface area contributed by atoms with Gasteiger partial charge in [-0.2, -0.15) is 0 Å². The highest BCUT2D eigenvalue weighted by Crippen LogP contribution is 2.27. The summed E-state index contributed by atoms with van der Waals surface area (Å²) in [4.78, 5) is 0. The molecule has 0 amide bonds. The minimum absolute atomic E-state index is 0.0602. The van der Waals surface area contributed by atoms with Crippen LogP contribution in [-0.4, -0.2) is 7.18 Å². The van der Waals surface area contributed by atoms with E-state index < -0.39 is 6.43 Å². The van der Waals surface area contributed by atoms with Gasteiger partial charge in [-0.05, 0) is 19.1 Å². The molecule has 0 heterocycles. The first-order chi connectivity index (χ1) is 6.11. The summed E-state index contributed by atoms with van der Waals surface area (Å²) in [6, 6.07) is 4.90. The molecule has 74 valence electrons. The fourth-order valence-corrected chi connectivity index (χ4v) is 1.25. The Labute approximate surface area is 83.9 Å². The van der Waals surface area contributed by atoms with E-state index in [9.17, 15) is 13.2 Å². The van der Waals surface area contributed by atoms with Crippen LogP contribution in [0.5, 0.6) is 0 Å². The van der Waals surface area contributed by atoms with Gasteiger partial charge in [0.15, 0.2) is 0 Å². The van der Waals surface area contributed by atoms with E-state index in [4.69, 9.17) is 0 Å². The van der Waals surface area contributed by atoms with Crippen molar-refractivity contribution >= 4 is 15.9 Å². The maximum Gasteiger partial charge on any atom is 0.264 e. The normalized spacial score (nSPS) is 9.46. The average molecular weight is 255 g/mol. The molecule has 0 saturated carbocycles. The maximum absolute atomic E-state index is 12.2. The largest absolute Gasteiger partial charge is 0.264 e. The van der Waals surface area contributed by atoms with E-state index in [-0.39, 0.29) is 5.56 Å². The fourth-order valence-electron chi connectivity index (χ4n) is 0.830. The highest BCUT2D eigenvalue weighted by Gasteiger charge is 2.10. The summed E-state index contributed by atoms with van der Waals surface area (Å²) >= 11 is 3.05. The number of hydrogen-bond acceptors (Lipinski definition) is 0. The highest BCUT2D eigenvalue weighted by molar-refractivity contribution is 9.10. The molecular weight excluding hydrogens is 245 g/mol. The van der Waals surface area contributed by atoms with Crippen molar-refractivity contribution < 1.29 is 13.2 Å². The summed E-state index contributed by atoms with van der Waals surface area (Å²) < 4.78 is 34.3. The molecule has 0 unspecified atom stereocenters. The molecule has 0 aliphatic rings. The second-order valence-corrected chi connectivity index (χ2v) is 3.18. The fraction of sp³-hybridized carbons (Fsp3) is 0.333. The van der Waals surface area contributed by atoms with Gasteiger partial charge in [0.2, 0.25) is 0 Å². The molecular formula is C9H10BrF3. The predicted molar refractivity (Wildman–Crippen MR) is 50.9 cm³/mol. The van der Waals surface area contributed by atoms with E-state index in [1.807, 2.05) is 0 Å². The van der Waals surface area contributed by atoms with E-state index >= 15 is 0 Å². The summed E-state index contributed by atoms with van der Waals surface area (Å²) in [5, 5.41) is 0. The van der Waals surface area contributed by atoms with Crippen LogP contribution in [0.25, 0.3) is 0 Å². The maximum atomic E-state index is 12.2. The standard InChI is InChI=1S/C8H7BrF2.CH3F/c1-5-2-3-7(9)6(4-5)8(10)11;1-2/h2-4,8H,1H3;1H3. The lowest BCUT2D eigenvalue weighted by atomic mass is 10.1. The van der Waals surface area contributed by atoms with Gasteiger partial charge in [0.05, 0.1) is 7.18 Å². The quantitative estimate of drug-likeness (QED) is 0.702. The van der Waals surface area contributed by atoms with E-state index in [1.165, 1.54) is 6.07 Å². The molecule has 1 aromatic carbocycles. The summed E-state index contributed by atoms with van der Waals surface area (Å²) in [6.45, 7) is 1.79. The topological polar surface area (TPSA) is 0 Å². The molecule has 0 atom stereocenters. The van der Waals surface area contributed by atoms with Crippen molar-refractivity contribution in [3.63, 3.8) is 0 Å². The van der Waals surface area contributed by atoms with Gasteiger partial charge >= 0.3 is 0 Å². The molecule has 0 bridgehead atoms. The first kappa shape index (κ1) is 12.5. The van der Waals surface area contributed by atoms with Gasteiger partial charge in [-0.15, -0.1) is 0 Å². The molecule has 13 heavy (non-hydrogen) atoms. The molecule has 0 fully saturated rings. The molecule has 0 radical (unpaired) electrons. The van der Waals surface area contributed by atoms with Gasteiger partial charge in [-0.25, -0.2) is 8.78 Å². The molecule has 0 aromatic heterocycles. The van der Waals surface area contributed by atoms with Gasteiger partial charge < -0.3 is 0 Å². The van der Waals surface area contributed by atoms with Crippen molar-refractivity contribution in [1.82, 2.24) is 0 Å². The van der Waals surface area contributed by atoms with E-state index in [0.29, 0.717) is 11.7 Å². The lowest BCUT2D eigenvalue weighted by Gasteiger charge is -2.03. The highest BCUT2D eigenvalue weighted by atomic mass is 79.9. The molecule has 1 rings (SSSR count). The number of rotatable bonds is 1. The molecule has 0 nitrogen and oxygen atoms in total. The van der Waals surface area contributed by atoms with Crippen LogP contribution in [0, 0.1) is 6.92 Å². The summed E-state index contributed by atoms with van der Waals surface area (Å²) in [7, 11) is 0.500. The van der Waals surface area contributed by atoms with Crippen LogP contribution in [0.15, 0.2) is 22.7 Å². The van der Waals surface area contributed by atoms with Crippen molar-refractivity contribution in [3.05, 3.63) is 33.8 Å². The Morgan fingerprint density at radius 1 is 1.23 bits per heavy atom. The number of hydrogen-bond donors (Lipinski definition) is 0. The van der Waals surface area contributed by atoms with Crippen LogP contribution < -0.4 is 0 Å². The predicted octanol–water partition coefficient (Wildman–Crippen LogP) is 4.28. The third-order valence-corrected chi connectivity index (χ3v) is 2.11. The number of halogens is 4. The molecule has 4 heteroatoms. The minimum Gasteiger partial charge on any atom is -0.255 e. The zero-order valence-electron chi connectivity index (χ0n) is 7.32. The Bertz CT molecular complexity index is 261. The Morgan fingerprint density at radius 3 is 2.15 bits per heavy atom. The zero-order valence-corrected chi connectivity index (χ0v) is 8.91. The summed E-state index contributed by atoms with van der Waals surface area (Å²) in [6.07, 6.45) is -2.40. The second-order valence-electron chi connectivity index (χ2n) is 2.33. The molecule has 1 aromatic rings. The Kier molecular flexibility index (Phi) is 5.79. The average Bonchev–Trinajstić information content (AvgIpc) is 2.12. The van der Waals surface area contributed by atoms with E-state index in [2.05, 4.69) is 15.9 Å². The Morgan fingerprint density at radius 2 is 1.77 bits per heavy atom. The molecule has 0 N–H and O–H groups in total. The monoisotopic (exact) mass is 254 g/mol. The van der Waals surface area contributed by atoms with Gasteiger partial charge in [0, 0.05) is 10.0 Å². The van der Waals surface area contributed by atoms with Gasteiger partial charge in [0.1, 0.15) is 0 Å². The molecule has 0 aliphatic carbocycles. The molecule has 0 saturated heterocycles. The Hall–Kier alpha value is -0.510. The first-order valence-corrected chi connectivity index (χ1v) is 4.32. The third-order valence-electron chi connectivity index (χ3n) is 1.39. The molecule has 0 aliphatic heterocycles. The van der Waals surface area contributed by atoms with Crippen molar-refractivity contribution in [1.29, 1.82) is 0 Å². The Balaban J connectivity index is 0.000000671. The van der Waals surface area contributed by atoms with Crippen molar-refractivity contribution in [3.8, 4) is 0 Å². The summed E-state index contributed by atoms with van der Waals surface area (Å²) in [5.74, 6) is 0. The van der Waals surface area contributed by atoms with Gasteiger partial charge in [-0.1, -0.05) is 27.6 Å². The van der Waals surface area contributed by atoms with Crippen LogP contribution in [0.3, 0.4) is 0 Å². The van der Waals surface area contributed by atoms with E-state index in [0.717, 1.165) is 5.56 Å². The van der Waals surface area contributed by atoms with Crippen LogP contribution in [0.4, 0.5) is 13.2 Å². The summed E-state index contributed by atoms with van der Waals surface area (Å²) in [5.41, 5.74) is 0.911. The SMILES string of the molecule is CF.Cc1ccc(Br)c(C(F)F)c1. The van der Waals surface area contributed by atoms with E-state index in [1.54, 1.807) is 19.1 Å². The van der Waals surface area contributed by atoms with Gasteiger partial charge in [0.25, 0.3) is 6.43 Å². The second kappa shape index (κ2) is 6.02. The number of alkyl halides is 3. The lowest BCUT2D eigenvalue weighted by Crippen LogP contribution is -1.86. The van der Waals surface area contributed by atoms with Crippen molar-refractivity contribution in [2.75, 3.05) is 7.18 Å². The number of aryl methyl sites for hydroxylation is 1. The molecule has 0 spiro atoms. The lowest BCUT2D eigenvalue weighted by molar-refractivity contribution is 0.150. The van der Waals surface area contributed by atoms with Crippen LogP contribution >= 0.6 is 15.9 Å². The van der Waals surface area contributed by atoms with Gasteiger partial charge in [-0.3, -0.25) is 4.39 Å². The van der Waals surface area contributed by atoms with Crippen molar-refractivity contribution in [2.45, 2.75) is 13.3 Å². The first-order valence-electron chi connectivity index (χ1n) is 3.53. The third kappa shape index (κ3) is 3.81. The zero-order chi connectivity index (χ0) is 10.4. The van der Waals surface area contributed by atoms with Crippen LogP contribution in [0.2, 0.25) is 0 Å².